The number of hydrogen-bond donors (Lipinski definition) is 5. The van der Waals surface area contributed by atoms with Gasteiger partial charge >= 0.3 is 6.09 Å². The van der Waals surface area contributed by atoms with E-state index in [-0.39, 0.29) is 41.9 Å². The van der Waals surface area contributed by atoms with Crippen LogP contribution in [-0.4, -0.2) is 71.4 Å². The van der Waals surface area contributed by atoms with E-state index in [1.807, 2.05) is 24.3 Å². The van der Waals surface area contributed by atoms with Crippen molar-refractivity contribution in [1.82, 2.24) is 21.0 Å². The maximum absolute atomic E-state index is 13.7. The van der Waals surface area contributed by atoms with E-state index in [2.05, 4.69) is 16.0 Å². The molecule has 2 heterocycles. The maximum Gasteiger partial charge on any atom is 0.408 e. The van der Waals surface area contributed by atoms with Crippen LogP contribution in [0, 0.1) is 17.8 Å². The van der Waals surface area contributed by atoms with Crippen LogP contribution in [0.3, 0.4) is 0 Å². The molecule has 2 saturated carbocycles. The van der Waals surface area contributed by atoms with Crippen molar-refractivity contribution < 1.29 is 24.2 Å². The number of carbonyl (C=O) groups excluding carboxylic acids is 3. The van der Waals surface area contributed by atoms with E-state index < -0.39 is 18.2 Å². The highest BCUT2D eigenvalue weighted by Crippen LogP contribution is 2.36. The number of amides is 3. The number of aliphatic hydroxyl groups is 1. The SMILES string of the molecule is NN1CCC2(CC1)CC(CC(CO)NC(=O)[C@H](CC1CCCCC1)NC(=O)OC1CCCC1Cc1cccc(Cl)c1)C(=O)N2. The second-order valence-corrected chi connectivity index (χ2v) is 14.2. The Balaban J connectivity index is 1.18. The molecule has 4 aliphatic rings. The van der Waals surface area contributed by atoms with E-state index in [4.69, 9.17) is 22.2 Å². The Kier molecular flexibility index (Phi) is 11.4. The van der Waals surface area contributed by atoms with Crippen molar-refractivity contribution in [2.45, 2.75) is 114 Å². The third-order valence-corrected chi connectivity index (χ3v) is 10.7. The Hall–Kier alpha value is -2.40. The van der Waals surface area contributed by atoms with Crippen LogP contribution in [-0.2, 0) is 20.7 Å². The summed E-state index contributed by atoms with van der Waals surface area (Å²) < 4.78 is 5.94. The average molecular weight is 632 g/mol. The van der Waals surface area contributed by atoms with Crippen molar-refractivity contribution in [3.63, 3.8) is 0 Å². The lowest BCUT2D eigenvalue weighted by atomic mass is 9.82. The summed E-state index contributed by atoms with van der Waals surface area (Å²) in [5, 5.41) is 21.7. The van der Waals surface area contributed by atoms with Crippen LogP contribution in [0.4, 0.5) is 4.79 Å². The first-order chi connectivity index (χ1) is 21.2. The lowest BCUT2D eigenvalue weighted by Crippen LogP contribution is -2.52. The molecule has 1 aromatic carbocycles. The van der Waals surface area contributed by atoms with Crippen molar-refractivity contribution in [1.29, 1.82) is 0 Å². The molecule has 1 spiro atoms. The van der Waals surface area contributed by atoms with Gasteiger partial charge in [-0.05, 0) is 81.4 Å². The number of hydrogen-bond acceptors (Lipinski definition) is 7. The molecule has 10 nitrogen and oxygen atoms in total. The number of nitrogens with two attached hydrogens (primary N) is 1. The Morgan fingerprint density at radius 3 is 2.59 bits per heavy atom. The molecule has 2 saturated heterocycles. The van der Waals surface area contributed by atoms with Gasteiger partial charge in [0.1, 0.15) is 12.1 Å². The number of hydrazine groups is 1. The van der Waals surface area contributed by atoms with E-state index in [9.17, 15) is 19.5 Å². The third-order valence-electron chi connectivity index (χ3n) is 10.4. The first kappa shape index (κ1) is 33.0. The van der Waals surface area contributed by atoms with Gasteiger partial charge in [-0.3, -0.25) is 15.4 Å². The number of ether oxygens (including phenoxy) is 1. The van der Waals surface area contributed by atoms with Crippen LogP contribution in [0.2, 0.25) is 5.02 Å². The number of nitrogens with zero attached hydrogens (tertiary/aromatic N) is 1. The highest BCUT2D eigenvalue weighted by Gasteiger charge is 2.46. The Bertz CT molecular complexity index is 1140. The summed E-state index contributed by atoms with van der Waals surface area (Å²) in [7, 11) is 0. The first-order valence-corrected chi connectivity index (χ1v) is 17.0. The number of rotatable bonds is 11. The Morgan fingerprint density at radius 2 is 1.86 bits per heavy atom. The number of carbonyl (C=O) groups is 3. The molecule has 4 fully saturated rings. The summed E-state index contributed by atoms with van der Waals surface area (Å²) in [5.41, 5.74) is 0.858. The summed E-state index contributed by atoms with van der Waals surface area (Å²) in [4.78, 5) is 39.8. The summed E-state index contributed by atoms with van der Waals surface area (Å²) in [6.07, 6.45) is 11.3. The van der Waals surface area contributed by atoms with E-state index in [1.165, 1.54) is 6.42 Å². The molecule has 44 heavy (non-hydrogen) atoms. The van der Waals surface area contributed by atoms with Crippen LogP contribution in [0.15, 0.2) is 24.3 Å². The minimum Gasteiger partial charge on any atom is -0.446 e. The molecular formula is C33H50ClN5O5. The molecule has 0 radical (unpaired) electrons. The summed E-state index contributed by atoms with van der Waals surface area (Å²) in [6, 6.07) is 6.42. The minimum atomic E-state index is -0.773. The minimum absolute atomic E-state index is 0.0347. The Morgan fingerprint density at radius 1 is 1.09 bits per heavy atom. The number of nitrogens with one attached hydrogen (secondary N) is 3. The fourth-order valence-corrected chi connectivity index (χ4v) is 8.15. The van der Waals surface area contributed by atoms with E-state index >= 15 is 0 Å². The van der Waals surface area contributed by atoms with Crippen LogP contribution in [0.5, 0.6) is 0 Å². The summed E-state index contributed by atoms with van der Waals surface area (Å²) in [6.45, 7) is 1.16. The predicted octanol–water partition coefficient (Wildman–Crippen LogP) is 3.83. The van der Waals surface area contributed by atoms with Gasteiger partial charge < -0.3 is 25.8 Å². The normalized spacial score (nSPS) is 27.1. The fraction of sp³-hybridized carbons (Fsp3) is 0.727. The van der Waals surface area contributed by atoms with Gasteiger partial charge in [-0.15, -0.1) is 0 Å². The Labute approximate surface area is 266 Å². The highest BCUT2D eigenvalue weighted by molar-refractivity contribution is 6.30. The van der Waals surface area contributed by atoms with Gasteiger partial charge in [-0.2, -0.15) is 0 Å². The summed E-state index contributed by atoms with van der Waals surface area (Å²) >= 11 is 6.18. The van der Waals surface area contributed by atoms with Gasteiger partial charge in [-0.25, -0.2) is 9.80 Å². The van der Waals surface area contributed by atoms with Gasteiger partial charge in [-0.1, -0.05) is 55.8 Å². The van der Waals surface area contributed by atoms with Crippen LogP contribution >= 0.6 is 11.6 Å². The van der Waals surface area contributed by atoms with Gasteiger partial charge in [0.2, 0.25) is 11.8 Å². The molecule has 244 valence electrons. The quantitative estimate of drug-likeness (QED) is 0.233. The molecule has 5 rings (SSSR count). The molecule has 0 bridgehead atoms. The zero-order chi connectivity index (χ0) is 31.1. The summed E-state index contributed by atoms with van der Waals surface area (Å²) in [5.74, 6) is 5.79. The number of aliphatic hydroxyl groups excluding tert-OH is 1. The third kappa shape index (κ3) is 8.86. The second kappa shape index (κ2) is 15.3. The maximum atomic E-state index is 13.7. The lowest BCUT2D eigenvalue weighted by molar-refractivity contribution is -0.126. The van der Waals surface area contributed by atoms with E-state index in [0.29, 0.717) is 30.2 Å². The number of piperidine rings is 1. The molecule has 0 aromatic heterocycles. The monoisotopic (exact) mass is 631 g/mol. The molecule has 11 heteroatoms. The molecule has 2 aliphatic carbocycles. The van der Waals surface area contributed by atoms with Crippen LogP contribution in [0.25, 0.3) is 0 Å². The lowest BCUT2D eigenvalue weighted by Gasteiger charge is -2.37. The largest absolute Gasteiger partial charge is 0.446 e. The molecule has 4 unspecified atom stereocenters. The number of alkyl carbamates (subject to hydrolysis) is 1. The number of halogens is 1. The van der Waals surface area contributed by atoms with E-state index in [1.54, 1.807) is 5.01 Å². The molecular weight excluding hydrogens is 582 g/mol. The molecule has 5 atom stereocenters. The van der Waals surface area contributed by atoms with Crippen molar-refractivity contribution in [2.75, 3.05) is 19.7 Å². The van der Waals surface area contributed by atoms with Gasteiger partial charge in [0.05, 0.1) is 12.6 Å². The highest BCUT2D eigenvalue weighted by atomic mass is 35.5. The molecule has 3 amide bonds. The molecule has 1 aromatic rings. The van der Waals surface area contributed by atoms with E-state index in [0.717, 1.165) is 82.9 Å². The van der Waals surface area contributed by atoms with Crippen molar-refractivity contribution in [3.8, 4) is 0 Å². The van der Waals surface area contributed by atoms with Gasteiger partial charge in [0.15, 0.2) is 0 Å². The van der Waals surface area contributed by atoms with Crippen LogP contribution < -0.4 is 21.8 Å². The zero-order valence-corrected chi connectivity index (χ0v) is 26.5. The standard InChI is InChI=1S/C33H50ClN5O5/c34-26-10-4-8-23(17-26)16-24-9-5-11-29(24)44-32(43)37-28(18-22-6-2-1-3-7-22)31(42)36-27(21-40)19-25-20-33(38-30(25)41)12-14-39(35)15-13-33/h4,8,10,17,22,24-25,27-29,40H,1-3,5-7,9,11-16,18-21,35H2,(H,36,42)(H,37,43)(H,38,41)/t24?,25?,27?,28-,29?/m0/s1. The van der Waals surface area contributed by atoms with Crippen molar-refractivity contribution in [3.05, 3.63) is 34.9 Å². The van der Waals surface area contributed by atoms with Crippen molar-refractivity contribution in [2.24, 2.45) is 23.6 Å². The van der Waals surface area contributed by atoms with Gasteiger partial charge in [0.25, 0.3) is 0 Å². The topological polar surface area (TPSA) is 146 Å². The zero-order valence-electron chi connectivity index (χ0n) is 25.8. The van der Waals surface area contributed by atoms with Gasteiger partial charge in [0, 0.05) is 35.5 Å². The molecule has 2 aliphatic heterocycles. The predicted molar refractivity (Wildman–Crippen MR) is 168 cm³/mol. The fourth-order valence-electron chi connectivity index (χ4n) is 7.93. The second-order valence-electron chi connectivity index (χ2n) is 13.7. The van der Waals surface area contributed by atoms with Crippen molar-refractivity contribution >= 4 is 29.5 Å². The number of benzene rings is 1. The molecule has 6 N–H and O–H groups in total. The smallest absolute Gasteiger partial charge is 0.408 e. The van der Waals surface area contributed by atoms with Crippen LogP contribution in [0.1, 0.15) is 89.0 Å². The average Bonchev–Trinajstić information content (AvgIpc) is 3.56. The first-order valence-electron chi connectivity index (χ1n) is 16.7.